The Labute approximate surface area is 237 Å². The first kappa shape index (κ1) is 27.4. The summed E-state index contributed by atoms with van der Waals surface area (Å²) in [4.78, 5) is 32.7. The molecule has 8 heteroatoms. The molecule has 206 valence electrons. The van der Waals surface area contributed by atoms with Crippen molar-refractivity contribution < 1.29 is 14.3 Å². The van der Waals surface area contributed by atoms with Gasteiger partial charge in [0.2, 0.25) is 0 Å². The highest BCUT2D eigenvalue weighted by molar-refractivity contribution is 7.07. The van der Waals surface area contributed by atoms with E-state index in [1.54, 1.807) is 25.3 Å². The van der Waals surface area contributed by atoms with Crippen molar-refractivity contribution in [2.75, 3.05) is 6.61 Å². The summed E-state index contributed by atoms with van der Waals surface area (Å²) in [5.74, 6) is 0.241. The maximum Gasteiger partial charge on any atom is 0.338 e. The summed E-state index contributed by atoms with van der Waals surface area (Å²) in [6, 6.07) is 15.0. The Morgan fingerprint density at radius 2 is 1.88 bits per heavy atom. The van der Waals surface area contributed by atoms with Crippen molar-refractivity contribution in [1.29, 1.82) is 0 Å². The Bertz CT molecular complexity index is 1820. The van der Waals surface area contributed by atoms with E-state index in [-0.39, 0.29) is 11.7 Å². The molecule has 1 atom stereocenters. The third-order valence-electron chi connectivity index (χ3n) is 6.96. The summed E-state index contributed by atoms with van der Waals surface area (Å²) < 4.78 is 15.6. The molecule has 4 aromatic rings. The van der Waals surface area contributed by atoms with Gasteiger partial charge in [0.15, 0.2) is 4.80 Å². The Kier molecular flexibility index (Phi) is 7.63. The molecular formula is C32H33N3O4S. The van der Waals surface area contributed by atoms with E-state index < -0.39 is 12.0 Å². The summed E-state index contributed by atoms with van der Waals surface area (Å²) in [7, 11) is 0. The minimum Gasteiger partial charge on any atom is -0.494 e. The lowest BCUT2D eigenvalue weighted by Crippen LogP contribution is -2.40. The minimum atomic E-state index is -0.677. The Morgan fingerprint density at radius 1 is 1.15 bits per heavy atom. The quantitative estimate of drug-likeness (QED) is 0.226. The number of carbonyl (C=O) groups excluding carboxylic acids is 1. The van der Waals surface area contributed by atoms with Crippen molar-refractivity contribution in [2.45, 2.75) is 53.3 Å². The van der Waals surface area contributed by atoms with E-state index in [0.29, 0.717) is 33.8 Å². The first-order chi connectivity index (χ1) is 19.2. The van der Waals surface area contributed by atoms with Gasteiger partial charge in [-0.3, -0.25) is 9.36 Å². The number of rotatable bonds is 8. The van der Waals surface area contributed by atoms with Gasteiger partial charge >= 0.3 is 5.97 Å². The van der Waals surface area contributed by atoms with Crippen molar-refractivity contribution in [3.63, 3.8) is 0 Å². The zero-order valence-electron chi connectivity index (χ0n) is 23.4. The van der Waals surface area contributed by atoms with Crippen LogP contribution in [0.1, 0.15) is 50.6 Å². The van der Waals surface area contributed by atoms with Gasteiger partial charge in [-0.15, -0.1) is 6.58 Å². The lowest BCUT2D eigenvalue weighted by Gasteiger charge is -2.25. The van der Waals surface area contributed by atoms with Gasteiger partial charge in [-0.05, 0) is 64.5 Å². The Hall–Kier alpha value is -4.17. The van der Waals surface area contributed by atoms with E-state index in [9.17, 15) is 9.59 Å². The zero-order valence-corrected chi connectivity index (χ0v) is 24.2. The molecular weight excluding hydrogens is 522 g/mol. The van der Waals surface area contributed by atoms with E-state index in [1.807, 2.05) is 55.5 Å². The second-order valence-electron chi connectivity index (χ2n) is 9.95. The molecule has 0 saturated carbocycles. The number of esters is 1. The van der Waals surface area contributed by atoms with Crippen molar-refractivity contribution in [3.05, 3.63) is 109 Å². The number of thiazole rings is 1. The van der Waals surface area contributed by atoms with Gasteiger partial charge in [-0.1, -0.05) is 47.7 Å². The van der Waals surface area contributed by atoms with E-state index in [2.05, 4.69) is 30.2 Å². The maximum absolute atomic E-state index is 14.1. The van der Waals surface area contributed by atoms with E-state index >= 15 is 0 Å². The lowest BCUT2D eigenvalue weighted by molar-refractivity contribution is -0.143. The van der Waals surface area contributed by atoms with Crippen LogP contribution in [0.4, 0.5) is 0 Å². The molecule has 0 fully saturated rings. The summed E-state index contributed by atoms with van der Waals surface area (Å²) in [6.07, 6.45) is 3.50. The van der Waals surface area contributed by atoms with Gasteiger partial charge in [0.05, 0.1) is 34.6 Å². The fourth-order valence-corrected chi connectivity index (χ4v) is 6.25. The first-order valence-corrected chi connectivity index (χ1v) is 14.2. The molecule has 2 aromatic carbocycles. The molecule has 0 N–H and O–H groups in total. The van der Waals surface area contributed by atoms with Crippen LogP contribution in [0.3, 0.4) is 0 Å². The van der Waals surface area contributed by atoms with Crippen LogP contribution in [0.25, 0.3) is 17.0 Å². The molecule has 0 aliphatic carbocycles. The highest BCUT2D eigenvalue weighted by Crippen LogP contribution is 2.32. The number of ether oxygens (including phenoxy) is 2. The summed E-state index contributed by atoms with van der Waals surface area (Å²) >= 11 is 1.33. The molecule has 5 rings (SSSR count). The van der Waals surface area contributed by atoms with Crippen molar-refractivity contribution in [3.8, 4) is 5.75 Å². The van der Waals surface area contributed by atoms with Gasteiger partial charge in [0, 0.05) is 28.7 Å². The number of carbonyl (C=O) groups is 1. The Morgan fingerprint density at radius 3 is 2.55 bits per heavy atom. The molecule has 1 aliphatic rings. The van der Waals surface area contributed by atoms with Crippen LogP contribution in [0.2, 0.25) is 0 Å². The van der Waals surface area contributed by atoms with Crippen molar-refractivity contribution in [2.24, 2.45) is 4.99 Å². The van der Waals surface area contributed by atoms with Crippen molar-refractivity contribution in [1.82, 2.24) is 9.13 Å². The largest absolute Gasteiger partial charge is 0.494 e. The van der Waals surface area contributed by atoms with Crippen molar-refractivity contribution >= 4 is 34.3 Å². The van der Waals surface area contributed by atoms with Crippen LogP contribution in [0, 0.1) is 6.92 Å². The normalized spacial score (nSPS) is 15.3. The van der Waals surface area contributed by atoms with E-state index in [4.69, 9.17) is 14.5 Å². The number of para-hydroxylation sites is 1. The lowest BCUT2D eigenvalue weighted by atomic mass is 9.96. The van der Waals surface area contributed by atoms with Gasteiger partial charge in [-0.2, -0.15) is 0 Å². The van der Waals surface area contributed by atoms with Crippen LogP contribution in [0.15, 0.2) is 82.2 Å². The van der Waals surface area contributed by atoms with E-state index in [1.165, 1.54) is 11.3 Å². The smallest absolute Gasteiger partial charge is 0.338 e. The average molecular weight is 556 g/mol. The van der Waals surface area contributed by atoms with Crippen LogP contribution < -0.4 is 19.6 Å². The van der Waals surface area contributed by atoms with Crippen LogP contribution in [-0.2, 0) is 16.1 Å². The second kappa shape index (κ2) is 11.1. The Balaban J connectivity index is 1.73. The molecule has 0 spiro atoms. The van der Waals surface area contributed by atoms with Gasteiger partial charge in [0.25, 0.3) is 5.56 Å². The highest BCUT2D eigenvalue weighted by Gasteiger charge is 2.34. The third kappa shape index (κ3) is 4.84. The molecule has 0 unspecified atom stereocenters. The van der Waals surface area contributed by atoms with Gasteiger partial charge in [-0.25, -0.2) is 9.79 Å². The highest BCUT2D eigenvalue weighted by atomic mass is 32.1. The molecule has 0 bridgehead atoms. The van der Waals surface area contributed by atoms with Crippen LogP contribution >= 0.6 is 11.3 Å². The molecule has 0 radical (unpaired) electrons. The van der Waals surface area contributed by atoms with Crippen LogP contribution in [-0.4, -0.2) is 27.8 Å². The topological polar surface area (TPSA) is 74.8 Å². The molecule has 40 heavy (non-hydrogen) atoms. The average Bonchev–Trinajstić information content (AvgIpc) is 3.37. The number of hydrogen-bond acceptors (Lipinski definition) is 6. The molecule has 7 nitrogen and oxygen atoms in total. The predicted octanol–water partition coefficient (Wildman–Crippen LogP) is 5.03. The standard InChI is InChI=1S/C32H33N3O4S/c1-7-17-34-21(6)25(24-11-9-10-12-26(24)34)18-27-30(36)35-29(22-13-15-23(16-14-22)38-8-2)28(31(37)39-19(3)4)20(5)33-32(35)40-27/h7,9-16,18-19,29H,1,8,17H2,2-6H3/b27-18+/t29-/m0/s1. The number of hydrogen-bond donors (Lipinski definition) is 0. The number of nitrogens with zero attached hydrogens (tertiary/aromatic N) is 3. The van der Waals surface area contributed by atoms with Gasteiger partial charge < -0.3 is 14.0 Å². The summed E-state index contributed by atoms with van der Waals surface area (Å²) in [5, 5.41) is 1.06. The minimum absolute atomic E-state index is 0.204. The SMILES string of the molecule is C=CCn1c(C)c(/C=c2/sc3n(c2=O)[C@@H](c2ccc(OCC)cc2)C(C(=O)OC(C)C)=C(C)N=3)c2ccccc21. The third-order valence-corrected chi connectivity index (χ3v) is 7.94. The monoisotopic (exact) mass is 555 g/mol. The number of aromatic nitrogens is 2. The molecule has 1 aliphatic heterocycles. The number of fused-ring (bicyclic) bond motifs is 2. The van der Waals surface area contributed by atoms with Gasteiger partial charge in [0.1, 0.15) is 5.75 Å². The van der Waals surface area contributed by atoms with E-state index in [0.717, 1.165) is 33.5 Å². The number of allylic oxidation sites excluding steroid dienone is 2. The fraction of sp³-hybridized carbons (Fsp3) is 0.281. The molecule has 3 heterocycles. The molecule has 2 aromatic heterocycles. The molecule has 0 saturated heterocycles. The molecule has 0 amide bonds. The first-order valence-electron chi connectivity index (χ1n) is 13.4. The summed E-state index contributed by atoms with van der Waals surface area (Å²) in [6.45, 7) is 14.5. The predicted molar refractivity (Wildman–Crippen MR) is 159 cm³/mol. The zero-order chi connectivity index (χ0) is 28.6. The maximum atomic E-state index is 14.1. The second-order valence-corrected chi connectivity index (χ2v) is 11.0. The van der Waals surface area contributed by atoms with Crippen LogP contribution in [0.5, 0.6) is 5.75 Å². The summed E-state index contributed by atoms with van der Waals surface area (Å²) in [5.41, 5.74) is 4.58. The fourth-order valence-electron chi connectivity index (χ4n) is 5.22. The number of benzene rings is 2.